The van der Waals surface area contributed by atoms with Crippen LogP contribution in [-0.4, -0.2) is 31.9 Å². The maximum Gasteiger partial charge on any atom is 0.120 e. The molecule has 0 amide bonds. The Labute approximate surface area is 96.6 Å². The van der Waals surface area contributed by atoms with Crippen molar-refractivity contribution in [1.82, 2.24) is 0 Å². The molecule has 0 fully saturated rings. The third kappa shape index (κ3) is 2.87. The Bertz CT molecular complexity index is 329. The van der Waals surface area contributed by atoms with Crippen molar-refractivity contribution in [1.29, 1.82) is 0 Å². The molecule has 90 valence electrons. The summed E-state index contributed by atoms with van der Waals surface area (Å²) < 4.78 is 5.20. The summed E-state index contributed by atoms with van der Waals surface area (Å²) in [5, 5.41) is 9.02. The first-order valence-electron chi connectivity index (χ1n) is 5.49. The average molecular weight is 224 g/mol. The summed E-state index contributed by atoms with van der Waals surface area (Å²) >= 11 is 0. The highest BCUT2D eigenvalue weighted by molar-refractivity contribution is 5.57. The summed E-state index contributed by atoms with van der Waals surface area (Å²) in [6.45, 7) is 4.11. The van der Waals surface area contributed by atoms with E-state index in [0.29, 0.717) is 13.1 Å². The molecule has 0 radical (unpaired) electrons. The van der Waals surface area contributed by atoms with Crippen LogP contribution < -0.4 is 15.4 Å². The van der Waals surface area contributed by atoms with E-state index >= 15 is 0 Å². The molecular formula is C12H20N2O2. The molecular weight excluding hydrogens is 204 g/mol. The molecule has 1 rings (SSSR count). The number of aliphatic hydroxyl groups excluding tert-OH is 1. The average Bonchev–Trinajstić information content (AvgIpc) is 2.35. The van der Waals surface area contributed by atoms with Crippen molar-refractivity contribution in [3.63, 3.8) is 0 Å². The van der Waals surface area contributed by atoms with E-state index in [-0.39, 0.29) is 6.61 Å². The first-order chi connectivity index (χ1) is 7.76. The number of hydrogen-bond acceptors (Lipinski definition) is 4. The molecule has 3 N–H and O–H groups in total. The maximum absolute atomic E-state index is 9.02. The molecule has 4 nitrogen and oxygen atoms in total. The van der Waals surface area contributed by atoms with Crippen LogP contribution in [0.1, 0.15) is 12.5 Å². The molecule has 0 atom stereocenters. The van der Waals surface area contributed by atoms with E-state index in [0.717, 1.165) is 23.5 Å². The third-order valence-electron chi connectivity index (χ3n) is 2.60. The van der Waals surface area contributed by atoms with Gasteiger partial charge in [-0.1, -0.05) is 6.07 Å². The van der Waals surface area contributed by atoms with Crippen LogP contribution in [0.15, 0.2) is 18.2 Å². The van der Waals surface area contributed by atoms with Gasteiger partial charge >= 0.3 is 0 Å². The predicted molar refractivity (Wildman–Crippen MR) is 65.9 cm³/mol. The van der Waals surface area contributed by atoms with Crippen LogP contribution in [0.5, 0.6) is 5.75 Å². The van der Waals surface area contributed by atoms with Crippen LogP contribution in [0.3, 0.4) is 0 Å². The lowest BCUT2D eigenvalue weighted by molar-refractivity contribution is 0.302. The zero-order valence-electron chi connectivity index (χ0n) is 9.94. The van der Waals surface area contributed by atoms with Crippen LogP contribution in [0.2, 0.25) is 0 Å². The zero-order valence-corrected chi connectivity index (χ0v) is 9.94. The molecule has 0 spiro atoms. The Balaban J connectivity index is 3.05. The number of benzene rings is 1. The van der Waals surface area contributed by atoms with Gasteiger partial charge < -0.3 is 20.5 Å². The van der Waals surface area contributed by atoms with E-state index < -0.39 is 0 Å². The summed E-state index contributed by atoms with van der Waals surface area (Å²) in [5.41, 5.74) is 7.81. The van der Waals surface area contributed by atoms with Gasteiger partial charge in [0.15, 0.2) is 0 Å². The summed E-state index contributed by atoms with van der Waals surface area (Å²) in [7, 11) is 1.64. The number of likely N-dealkylation sites (N-methyl/N-ethyl adjacent to an activating group) is 1. The van der Waals surface area contributed by atoms with Crippen LogP contribution in [0, 0.1) is 0 Å². The highest BCUT2D eigenvalue weighted by Gasteiger charge is 2.09. The quantitative estimate of drug-likeness (QED) is 0.756. The fraction of sp³-hybridized carbons (Fsp3) is 0.500. The second-order valence-corrected chi connectivity index (χ2v) is 3.50. The lowest BCUT2D eigenvalue weighted by Crippen LogP contribution is -2.27. The van der Waals surface area contributed by atoms with Gasteiger partial charge in [-0.3, -0.25) is 0 Å². The summed E-state index contributed by atoms with van der Waals surface area (Å²) in [4.78, 5) is 2.09. The van der Waals surface area contributed by atoms with Gasteiger partial charge in [-0.15, -0.1) is 0 Å². The SMILES string of the molecule is CCN(CCO)c1cc(OC)ccc1CN. The van der Waals surface area contributed by atoms with E-state index in [1.165, 1.54) is 0 Å². The Kier molecular flexibility index (Phi) is 5.08. The monoisotopic (exact) mass is 224 g/mol. The fourth-order valence-corrected chi connectivity index (χ4v) is 1.71. The van der Waals surface area contributed by atoms with Gasteiger partial charge in [-0.05, 0) is 18.6 Å². The number of nitrogens with two attached hydrogens (primary N) is 1. The highest BCUT2D eigenvalue weighted by Crippen LogP contribution is 2.25. The molecule has 0 unspecified atom stereocenters. The van der Waals surface area contributed by atoms with Gasteiger partial charge in [0.1, 0.15) is 5.75 Å². The Hall–Kier alpha value is -1.26. The Morgan fingerprint density at radius 3 is 2.69 bits per heavy atom. The maximum atomic E-state index is 9.02. The highest BCUT2D eigenvalue weighted by atomic mass is 16.5. The van der Waals surface area contributed by atoms with Gasteiger partial charge in [-0.2, -0.15) is 0 Å². The standard InChI is InChI=1S/C12H20N2O2/c1-3-14(6-7-15)12-8-11(16-2)5-4-10(12)9-13/h4-5,8,15H,3,6-7,9,13H2,1-2H3. The Morgan fingerprint density at radius 1 is 1.44 bits per heavy atom. The minimum absolute atomic E-state index is 0.134. The third-order valence-corrected chi connectivity index (χ3v) is 2.60. The molecule has 0 heterocycles. The molecule has 1 aromatic carbocycles. The van der Waals surface area contributed by atoms with Crippen molar-refractivity contribution in [2.75, 3.05) is 31.7 Å². The normalized spacial score (nSPS) is 10.2. The van der Waals surface area contributed by atoms with Crippen LogP contribution in [0.25, 0.3) is 0 Å². The molecule has 0 aliphatic carbocycles. The van der Waals surface area contributed by atoms with Gasteiger partial charge in [0.2, 0.25) is 0 Å². The number of hydrogen-bond donors (Lipinski definition) is 2. The molecule has 0 aliphatic rings. The lowest BCUT2D eigenvalue weighted by atomic mass is 10.1. The minimum atomic E-state index is 0.134. The van der Waals surface area contributed by atoms with Crippen LogP contribution in [0.4, 0.5) is 5.69 Å². The summed E-state index contributed by atoms with van der Waals surface area (Å²) in [6.07, 6.45) is 0. The van der Waals surface area contributed by atoms with Gasteiger partial charge in [0.05, 0.1) is 13.7 Å². The smallest absolute Gasteiger partial charge is 0.120 e. The van der Waals surface area contributed by atoms with Crippen molar-refractivity contribution in [2.24, 2.45) is 5.73 Å². The van der Waals surface area contributed by atoms with E-state index in [2.05, 4.69) is 11.8 Å². The molecule has 1 aromatic rings. The molecule has 0 aromatic heterocycles. The van der Waals surface area contributed by atoms with E-state index in [1.807, 2.05) is 18.2 Å². The molecule has 0 saturated heterocycles. The second kappa shape index (κ2) is 6.35. The lowest BCUT2D eigenvalue weighted by Gasteiger charge is -2.25. The minimum Gasteiger partial charge on any atom is -0.497 e. The zero-order chi connectivity index (χ0) is 12.0. The van der Waals surface area contributed by atoms with Crippen LogP contribution in [-0.2, 0) is 6.54 Å². The number of methoxy groups -OCH3 is 1. The van der Waals surface area contributed by atoms with Crippen LogP contribution >= 0.6 is 0 Å². The molecule has 4 heteroatoms. The first-order valence-corrected chi connectivity index (χ1v) is 5.49. The van der Waals surface area contributed by atoms with Crippen molar-refractivity contribution in [2.45, 2.75) is 13.5 Å². The number of aliphatic hydroxyl groups is 1. The summed E-state index contributed by atoms with van der Waals surface area (Å²) in [6, 6.07) is 5.83. The number of rotatable bonds is 6. The molecule has 16 heavy (non-hydrogen) atoms. The fourth-order valence-electron chi connectivity index (χ4n) is 1.71. The van der Waals surface area contributed by atoms with Crippen molar-refractivity contribution in [3.8, 4) is 5.75 Å². The number of nitrogens with zero attached hydrogens (tertiary/aromatic N) is 1. The van der Waals surface area contributed by atoms with E-state index in [9.17, 15) is 0 Å². The Morgan fingerprint density at radius 2 is 2.19 bits per heavy atom. The predicted octanol–water partition coefficient (Wildman–Crippen LogP) is 0.972. The van der Waals surface area contributed by atoms with Gasteiger partial charge in [0, 0.05) is 31.4 Å². The molecule has 0 aliphatic heterocycles. The van der Waals surface area contributed by atoms with Gasteiger partial charge in [0.25, 0.3) is 0 Å². The topological polar surface area (TPSA) is 58.7 Å². The molecule has 0 bridgehead atoms. The van der Waals surface area contributed by atoms with Gasteiger partial charge in [-0.25, -0.2) is 0 Å². The van der Waals surface area contributed by atoms with E-state index in [1.54, 1.807) is 7.11 Å². The first kappa shape index (κ1) is 12.8. The largest absolute Gasteiger partial charge is 0.497 e. The second-order valence-electron chi connectivity index (χ2n) is 3.50. The number of ether oxygens (including phenoxy) is 1. The van der Waals surface area contributed by atoms with Crippen molar-refractivity contribution in [3.05, 3.63) is 23.8 Å². The van der Waals surface area contributed by atoms with Crippen molar-refractivity contribution < 1.29 is 9.84 Å². The van der Waals surface area contributed by atoms with Crippen molar-refractivity contribution >= 4 is 5.69 Å². The summed E-state index contributed by atoms with van der Waals surface area (Å²) in [5.74, 6) is 0.809. The van der Waals surface area contributed by atoms with E-state index in [4.69, 9.17) is 15.6 Å². The number of anilines is 1. The molecule has 0 saturated carbocycles.